The van der Waals surface area contributed by atoms with Gasteiger partial charge in [0.25, 0.3) is 0 Å². The highest BCUT2D eigenvalue weighted by molar-refractivity contribution is 7.47. The van der Waals surface area contributed by atoms with Gasteiger partial charge < -0.3 is 24.6 Å². The van der Waals surface area contributed by atoms with Gasteiger partial charge in [0.05, 0.1) is 19.8 Å². The Hall–Kier alpha value is -1.03. The number of esters is 2. The predicted octanol–water partition coefficient (Wildman–Crippen LogP) is 6.77. The molecule has 0 heterocycles. The highest BCUT2D eigenvalue weighted by Crippen LogP contribution is 2.43. The van der Waals surface area contributed by atoms with Crippen molar-refractivity contribution < 1.29 is 47.8 Å². The molecule has 0 fully saturated rings. The molecule has 0 aromatic rings. The van der Waals surface area contributed by atoms with Gasteiger partial charge in [-0.05, 0) is 12.8 Å². The van der Waals surface area contributed by atoms with Crippen molar-refractivity contribution in [2.75, 3.05) is 26.4 Å². The van der Waals surface area contributed by atoms with Crippen molar-refractivity contribution in [2.24, 2.45) is 0 Å². The lowest BCUT2D eigenvalue weighted by Gasteiger charge is -2.20. The van der Waals surface area contributed by atoms with E-state index in [-0.39, 0.29) is 19.4 Å². The SMILES string of the molecule is CCCCCCCCCCCCCCC(=O)OC[C@H](COP(=O)(O)OC[C@@H](O)CO)OC(=O)CCCCCCCC. The minimum atomic E-state index is -4.59. The molecule has 0 saturated carbocycles. The lowest BCUT2D eigenvalue weighted by Crippen LogP contribution is -2.29. The number of carbonyl (C=O) groups is 2. The van der Waals surface area contributed by atoms with Crippen LogP contribution in [0.25, 0.3) is 0 Å². The molecular formula is C30H59O10P. The van der Waals surface area contributed by atoms with Crippen LogP contribution in [-0.4, -0.2) is 65.7 Å². The maximum atomic E-state index is 12.3. The van der Waals surface area contributed by atoms with E-state index in [0.29, 0.717) is 12.8 Å². The number of phosphoric ester groups is 1. The van der Waals surface area contributed by atoms with Gasteiger partial charge in [-0.1, -0.05) is 117 Å². The average Bonchev–Trinajstić information content (AvgIpc) is 2.95. The van der Waals surface area contributed by atoms with Crippen LogP contribution in [0.1, 0.15) is 142 Å². The lowest BCUT2D eigenvalue weighted by atomic mass is 10.0. The molecule has 0 saturated heterocycles. The Morgan fingerprint density at radius 1 is 0.634 bits per heavy atom. The molecule has 0 spiro atoms. The Labute approximate surface area is 248 Å². The average molecular weight is 611 g/mol. The van der Waals surface area contributed by atoms with E-state index in [2.05, 4.69) is 18.4 Å². The molecule has 11 heteroatoms. The maximum Gasteiger partial charge on any atom is 0.472 e. The summed E-state index contributed by atoms with van der Waals surface area (Å²) in [5, 5.41) is 18.1. The van der Waals surface area contributed by atoms with E-state index in [9.17, 15) is 24.2 Å². The third-order valence-electron chi connectivity index (χ3n) is 6.76. The fourth-order valence-corrected chi connectivity index (χ4v) is 5.02. The van der Waals surface area contributed by atoms with Crippen LogP contribution in [0.2, 0.25) is 0 Å². The van der Waals surface area contributed by atoms with Gasteiger partial charge in [0.2, 0.25) is 0 Å². The summed E-state index contributed by atoms with van der Waals surface area (Å²) in [5.74, 6) is -0.931. The molecule has 1 unspecified atom stereocenters. The Bertz CT molecular complexity index is 676. The topological polar surface area (TPSA) is 149 Å². The minimum Gasteiger partial charge on any atom is -0.462 e. The molecule has 0 aliphatic rings. The van der Waals surface area contributed by atoms with Crippen molar-refractivity contribution in [2.45, 2.75) is 154 Å². The first kappa shape index (κ1) is 40.0. The van der Waals surface area contributed by atoms with Gasteiger partial charge in [0, 0.05) is 12.8 Å². The Kier molecular flexibility index (Phi) is 27.1. The van der Waals surface area contributed by atoms with Gasteiger partial charge in [-0.15, -0.1) is 0 Å². The Morgan fingerprint density at radius 3 is 1.51 bits per heavy atom. The number of aliphatic hydroxyl groups is 2. The second-order valence-corrected chi connectivity index (χ2v) is 12.3. The number of phosphoric acid groups is 1. The number of rotatable bonds is 30. The smallest absolute Gasteiger partial charge is 0.462 e. The zero-order valence-electron chi connectivity index (χ0n) is 25.8. The van der Waals surface area contributed by atoms with Crippen LogP contribution in [0.4, 0.5) is 0 Å². The zero-order valence-corrected chi connectivity index (χ0v) is 26.7. The Morgan fingerprint density at radius 2 is 1.05 bits per heavy atom. The molecule has 41 heavy (non-hydrogen) atoms. The van der Waals surface area contributed by atoms with Gasteiger partial charge in [0.1, 0.15) is 12.7 Å². The first-order chi connectivity index (χ1) is 19.7. The van der Waals surface area contributed by atoms with E-state index in [0.717, 1.165) is 51.4 Å². The molecule has 0 aliphatic carbocycles. The monoisotopic (exact) mass is 610 g/mol. The van der Waals surface area contributed by atoms with Gasteiger partial charge in [0.15, 0.2) is 6.10 Å². The van der Waals surface area contributed by atoms with Gasteiger partial charge in [-0.3, -0.25) is 18.6 Å². The molecule has 0 aliphatic heterocycles. The van der Waals surface area contributed by atoms with Crippen LogP contribution in [0, 0.1) is 0 Å². The summed E-state index contributed by atoms with van der Waals surface area (Å²) in [6.07, 6.45) is 18.3. The molecule has 0 radical (unpaired) electrons. The highest BCUT2D eigenvalue weighted by Gasteiger charge is 2.27. The molecule has 3 atom stereocenters. The Balaban J connectivity index is 4.36. The first-order valence-electron chi connectivity index (χ1n) is 16.0. The summed E-state index contributed by atoms with van der Waals surface area (Å²) >= 11 is 0. The normalized spacial score (nSPS) is 14.4. The molecule has 3 N–H and O–H groups in total. The second kappa shape index (κ2) is 27.8. The van der Waals surface area contributed by atoms with Crippen molar-refractivity contribution in [3.05, 3.63) is 0 Å². The van der Waals surface area contributed by atoms with Gasteiger partial charge in [-0.2, -0.15) is 0 Å². The van der Waals surface area contributed by atoms with Crippen LogP contribution in [0.5, 0.6) is 0 Å². The molecule has 244 valence electrons. The van der Waals surface area contributed by atoms with Crippen LogP contribution >= 0.6 is 7.82 Å². The quantitative estimate of drug-likeness (QED) is 0.0452. The third kappa shape index (κ3) is 27.5. The van der Waals surface area contributed by atoms with Crippen LogP contribution in [0.15, 0.2) is 0 Å². The molecule has 0 amide bonds. The predicted molar refractivity (Wildman–Crippen MR) is 159 cm³/mol. The largest absolute Gasteiger partial charge is 0.472 e. The molecule has 0 rings (SSSR count). The van der Waals surface area contributed by atoms with E-state index in [1.807, 2.05) is 0 Å². The number of ether oxygens (including phenoxy) is 2. The second-order valence-electron chi connectivity index (χ2n) is 10.8. The molecule has 10 nitrogen and oxygen atoms in total. The van der Waals surface area contributed by atoms with Crippen molar-refractivity contribution in [3.63, 3.8) is 0 Å². The summed E-state index contributed by atoms with van der Waals surface area (Å²) in [7, 11) is -4.59. The summed E-state index contributed by atoms with van der Waals surface area (Å²) in [4.78, 5) is 34.4. The lowest BCUT2D eigenvalue weighted by molar-refractivity contribution is -0.161. The summed E-state index contributed by atoms with van der Waals surface area (Å²) in [6.45, 7) is 2.27. The van der Waals surface area contributed by atoms with Crippen molar-refractivity contribution in [1.29, 1.82) is 0 Å². The fourth-order valence-electron chi connectivity index (χ4n) is 4.23. The van der Waals surface area contributed by atoms with E-state index < -0.39 is 51.8 Å². The molecule has 0 bridgehead atoms. The number of unbranched alkanes of at least 4 members (excludes halogenated alkanes) is 16. The number of hydrogen-bond donors (Lipinski definition) is 3. The summed E-state index contributed by atoms with van der Waals surface area (Å²) in [6, 6.07) is 0. The first-order valence-corrected chi connectivity index (χ1v) is 17.5. The van der Waals surface area contributed by atoms with Crippen LogP contribution in [-0.2, 0) is 32.7 Å². The molecular weight excluding hydrogens is 551 g/mol. The number of hydrogen-bond acceptors (Lipinski definition) is 9. The maximum absolute atomic E-state index is 12.3. The summed E-state index contributed by atoms with van der Waals surface area (Å²) in [5.41, 5.74) is 0. The van der Waals surface area contributed by atoms with Gasteiger partial charge in [-0.25, -0.2) is 4.57 Å². The van der Waals surface area contributed by atoms with E-state index >= 15 is 0 Å². The van der Waals surface area contributed by atoms with Crippen molar-refractivity contribution >= 4 is 19.8 Å². The standard InChI is InChI=1S/C30H59O10P/c1-3-5-7-9-11-12-13-14-15-16-18-19-21-29(33)37-25-28(26-39-41(35,36)38-24-27(32)23-31)40-30(34)22-20-17-10-8-6-4-2/h27-28,31-32H,3-26H2,1-2H3,(H,35,36)/t27-,28+/m0/s1. The summed E-state index contributed by atoms with van der Waals surface area (Å²) < 4.78 is 32.2. The highest BCUT2D eigenvalue weighted by atomic mass is 31.2. The minimum absolute atomic E-state index is 0.186. The fraction of sp³-hybridized carbons (Fsp3) is 0.933. The van der Waals surface area contributed by atoms with E-state index in [1.54, 1.807) is 0 Å². The zero-order chi connectivity index (χ0) is 30.6. The van der Waals surface area contributed by atoms with Gasteiger partial charge >= 0.3 is 19.8 Å². The van der Waals surface area contributed by atoms with E-state index in [1.165, 1.54) is 51.4 Å². The van der Waals surface area contributed by atoms with Crippen molar-refractivity contribution in [1.82, 2.24) is 0 Å². The van der Waals surface area contributed by atoms with E-state index in [4.69, 9.17) is 19.1 Å². The van der Waals surface area contributed by atoms with Crippen LogP contribution in [0.3, 0.4) is 0 Å². The number of aliphatic hydroxyl groups excluding tert-OH is 2. The molecule has 0 aromatic heterocycles. The molecule has 0 aromatic carbocycles. The third-order valence-corrected chi connectivity index (χ3v) is 7.71. The van der Waals surface area contributed by atoms with Crippen molar-refractivity contribution in [3.8, 4) is 0 Å². The van der Waals surface area contributed by atoms with Crippen LogP contribution < -0.4 is 0 Å². The number of carbonyl (C=O) groups excluding carboxylic acids is 2.